The highest BCUT2D eigenvalue weighted by molar-refractivity contribution is 5.79. The molecule has 5 aromatic rings. The monoisotopic (exact) mass is 410 g/mol. The summed E-state index contributed by atoms with van der Waals surface area (Å²) in [6.07, 6.45) is 1.01. The van der Waals surface area contributed by atoms with Gasteiger partial charge in [-0.05, 0) is 74.7 Å². The van der Waals surface area contributed by atoms with Crippen LogP contribution in [0.3, 0.4) is 0 Å². The van der Waals surface area contributed by atoms with E-state index < -0.39 is 0 Å². The molecular formula is C32H26. The van der Waals surface area contributed by atoms with Gasteiger partial charge in [0.1, 0.15) is 0 Å². The molecule has 0 aliphatic rings. The van der Waals surface area contributed by atoms with Crippen LogP contribution in [0.2, 0.25) is 0 Å². The molecule has 0 spiro atoms. The fourth-order valence-electron chi connectivity index (χ4n) is 4.25. The molecule has 0 aliphatic heterocycles. The number of rotatable bonds is 5. The van der Waals surface area contributed by atoms with Crippen LogP contribution < -0.4 is 0 Å². The van der Waals surface area contributed by atoms with Gasteiger partial charge in [0, 0.05) is 0 Å². The third-order valence-corrected chi connectivity index (χ3v) is 6.01. The second kappa shape index (κ2) is 9.08. The van der Waals surface area contributed by atoms with Crippen molar-refractivity contribution < 1.29 is 0 Å². The van der Waals surface area contributed by atoms with Gasteiger partial charge in [-0.25, -0.2) is 0 Å². The van der Waals surface area contributed by atoms with E-state index in [1.807, 2.05) is 0 Å². The Hall–Kier alpha value is -3.90. The summed E-state index contributed by atoms with van der Waals surface area (Å²) in [7, 11) is 0. The van der Waals surface area contributed by atoms with Crippen LogP contribution in [-0.4, -0.2) is 0 Å². The van der Waals surface area contributed by atoms with E-state index in [1.54, 1.807) is 0 Å². The van der Waals surface area contributed by atoms with Crippen molar-refractivity contribution in [3.05, 3.63) is 133 Å². The minimum Gasteiger partial charge on any atom is -0.0622 e. The molecule has 0 fully saturated rings. The fourth-order valence-corrected chi connectivity index (χ4v) is 4.25. The Balaban J connectivity index is 1.58. The van der Waals surface area contributed by atoms with Gasteiger partial charge in [0.15, 0.2) is 0 Å². The van der Waals surface area contributed by atoms with E-state index in [1.165, 1.54) is 50.1 Å². The average Bonchev–Trinajstić information content (AvgIpc) is 2.89. The third-order valence-electron chi connectivity index (χ3n) is 6.01. The van der Waals surface area contributed by atoms with Crippen molar-refractivity contribution >= 4 is 0 Å². The Kier molecular flexibility index (Phi) is 5.68. The Morgan fingerprint density at radius 3 is 1.09 bits per heavy atom. The number of aryl methyl sites for hydroxylation is 1. The van der Waals surface area contributed by atoms with Crippen molar-refractivity contribution in [2.75, 3.05) is 0 Å². The van der Waals surface area contributed by atoms with Crippen molar-refractivity contribution in [3.8, 4) is 44.5 Å². The van der Waals surface area contributed by atoms with Crippen molar-refractivity contribution in [2.45, 2.75) is 13.3 Å². The Labute approximate surface area is 190 Å². The summed E-state index contributed by atoms with van der Waals surface area (Å²) in [6.45, 7) is 2.23. The summed E-state index contributed by atoms with van der Waals surface area (Å²) >= 11 is 0. The normalized spacial score (nSPS) is 10.8. The predicted octanol–water partition coefficient (Wildman–Crippen LogP) is 8.92. The molecule has 32 heavy (non-hydrogen) atoms. The molecule has 0 bridgehead atoms. The largest absolute Gasteiger partial charge is 0.0622 e. The van der Waals surface area contributed by atoms with Gasteiger partial charge in [-0.15, -0.1) is 0 Å². The van der Waals surface area contributed by atoms with Crippen molar-refractivity contribution in [2.24, 2.45) is 0 Å². The molecule has 0 heterocycles. The van der Waals surface area contributed by atoms with Crippen LogP contribution in [0.5, 0.6) is 0 Å². The highest BCUT2D eigenvalue weighted by Crippen LogP contribution is 2.33. The van der Waals surface area contributed by atoms with E-state index in [9.17, 15) is 0 Å². The van der Waals surface area contributed by atoms with Crippen LogP contribution >= 0.6 is 0 Å². The van der Waals surface area contributed by atoms with Crippen LogP contribution in [-0.2, 0) is 6.42 Å². The first kappa shape index (κ1) is 20.0. The molecule has 0 N–H and O–H groups in total. The molecule has 5 aromatic carbocycles. The second-order valence-electron chi connectivity index (χ2n) is 8.17. The van der Waals surface area contributed by atoms with E-state index in [0.717, 1.165) is 6.42 Å². The highest BCUT2D eigenvalue weighted by Gasteiger charge is 2.08. The lowest BCUT2D eigenvalue weighted by molar-refractivity contribution is 1.14. The number of hydrogen-bond acceptors (Lipinski definition) is 0. The first-order valence-corrected chi connectivity index (χ1v) is 11.3. The summed E-state index contributed by atoms with van der Waals surface area (Å²) in [4.78, 5) is 0. The molecule has 0 aliphatic carbocycles. The zero-order valence-electron chi connectivity index (χ0n) is 18.3. The first-order chi connectivity index (χ1) is 15.8. The van der Waals surface area contributed by atoms with Crippen LogP contribution in [0.15, 0.2) is 127 Å². The smallest absolute Gasteiger partial charge is 0.0175 e. The topological polar surface area (TPSA) is 0 Å². The summed E-state index contributed by atoms with van der Waals surface area (Å²) < 4.78 is 0. The molecule has 0 aromatic heterocycles. The summed E-state index contributed by atoms with van der Waals surface area (Å²) in [5.41, 5.74) is 11.4. The maximum absolute atomic E-state index is 2.33. The minimum atomic E-state index is 1.01. The van der Waals surface area contributed by atoms with Gasteiger partial charge in [0.05, 0.1) is 0 Å². The zero-order valence-corrected chi connectivity index (χ0v) is 18.3. The molecule has 0 heteroatoms. The summed E-state index contributed by atoms with van der Waals surface area (Å²) in [6, 6.07) is 45.9. The van der Waals surface area contributed by atoms with Gasteiger partial charge < -0.3 is 0 Å². The van der Waals surface area contributed by atoms with Gasteiger partial charge in [-0.2, -0.15) is 0 Å². The van der Waals surface area contributed by atoms with E-state index in [0.29, 0.717) is 0 Å². The van der Waals surface area contributed by atoms with Crippen LogP contribution in [0.4, 0.5) is 0 Å². The molecular weight excluding hydrogens is 384 g/mol. The predicted molar refractivity (Wildman–Crippen MR) is 138 cm³/mol. The maximum Gasteiger partial charge on any atom is -0.0175 e. The lowest BCUT2D eigenvalue weighted by atomic mass is 9.92. The lowest BCUT2D eigenvalue weighted by Gasteiger charge is -2.12. The molecule has 0 saturated heterocycles. The Morgan fingerprint density at radius 2 is 0.688 bits per heavy atom. The Bertz CT molecular complexity index is 1230. The maximum atomic E-state index is 2.33. The van der Waals surface area contributed by atoms with E-state index in [-0.39, 0.29) is 0 Å². The molecule has 154 valence electrons. The molecule has 0 unspecified atom stereocenters. The standard InChI is InChI=1S/C32H26/c1-2-24-19-31(29-17-9-15-27(21-29)25-11-5-3-6-12-25)23-32(20-24)30-18-10-16-28(22-30)26-13-7-4-8-14-26/h3-23H,2H2,1H3. The average molecular weight is 411 g/mol. The first-order valence-electron chi connectivity index (χ1n) is 11.3. The van der Waals surface area contributed by atoms with E-state index >= 15 is 0 Å². The van der Waals surface area contributed by atoms with Crippen LogP contribution in [0.1, 0.15) is 12.5 Å². The third kappa shape index (κ3) is 4.26. The molecule has 0 saturated carbocycles. The number of hydrogen-bond donors (Lipinski definition) is 0. The van der Waals surface area contributed by atoms with E-state index in [4.69, 9.17) is 0 Å². The molecule has 0 radical (unpaired) electrons. The SMILES string of the molecule is CCc1cc(-c2cccc(-c3ccccc3)c2)cc(-c2cccc(-c3ccccc3)c2)c1. The van der Waals surface area contributed by atoms with Gasteiger partial charge >= 0.3 is 0 Å². The fraction of sp³-hybridized carbons (Fsp3) is 0.0625. The summed E-state index contributed by atoms with van der Waals surface area (Å²) in [5.74, 6) is 0. The Morgan fingerprint density at radius 1 is 0.344 bits per heavy atom. The second-order valence-corrected chi connectivity index (χ2v) is 8.17. The van der Waals surface area contributed by atoms with Gasteiger partial charge in [-0.1, -0.05) is 116 Å². The van der Waals surface area contributed by atoms with Crippen molar-refractivity contribution in [3.63, 3.8) is 0 Å². The summed E-state index contributed by atoms with van der Waals surface area (Å²) in [5, 5.41) is 0. The van der Waals surface area contributed by atoms with Crippen LogP contribution in [0.25, 0.3) is 44.5 Å². The lowest BCUT2D eigenvalue weighted by Crippen LogP contribution is -1.89. The van der Waals surface area contributed by atoms with Gasteiger partial charge in [-0.3, -0.25) is 0 Å². The molecule has 0 nitrogen and oxygen atoms in total. The zero-order chi connectivity index (χ0) is 21.8. The van der Waals surface area contributed by atoms with Crippen molar-refractivity contribution in [1.82, 2.24) is 0 Å². The van der Waals surface area contributed by atoms with Crippen LogP contribution in [0, 0.1) is 0 Å². The van der Waals surface area contributed by atoms with E-state index in [2.05, 4.69) is 134 Å². The van der Waals surface area contributed by atoms with Crippen molar-refractivity contribution in [1.29, 1.82) is 0 Å². The molecule has 5 rings (SSSR count). The quantitative estimate of drug-likeness (QED) is 0.271. The molecule has 0 atom stereocenters. The number of benzene rings is 5. The van der Waals surface area contributed by atoms with Gasteiger partial charge in [0.2, 0.25) is 0 Å². The van der Waals surface area contributed by atoms with Gasteiger partial charge in [0.25, 0.3) is 0 Å². The molecule has 0 amide bonds. The minimum absolute atomic E-state index is 1.01. The highest BCUT2D eigenvalue weighted by atomic mass is 14.1.